The number of ether oxygens (including phenoxy) is 2. The molecule has 0 rings (SSSR count). The molecule has 0 aliphatic carbocycles. The van der Waals surface area contributed by atoms with Crippen molar-refractivity contribution in [1.82, 2.24) is 10.6 Å². The molecule has 0 saturated heterocycles. The van der Waals surface area contributed by atoms with E-state index in [1.165, 1.54) is 14.2 Å². The second-order valence-corrected chi connectivity index (χ2v) is 2.47. The molecule has 0 bridgehead atoms. The number of urea groups is 1. The second-order valence-electron chi connectivity index (χ2n) is 2.47. The summed E-state index contributed by atoms with van der Waals surface area (Å²) < 4.78 is 8.97. The number of aliphatic hydroxyl groups is 2. The molecule has 4 N–H and O–H groups in total. The zero-order valence-electron chi connectivity index (χ0n) is 8.19. The average molecular weight is 208 g/mol. The van der Waals surface area contributed by atoms with Crippen LogP contribution in [-0.4, -0.2) is 56.1 Å². The number of amides is 2. The number of hydrogen-bond acceptors (Lipinski definition) is 5. The molecule has 2 amide bonds. The van der Waals surface area contributed by atoms with Crippen molar-refractivity contribution in [1.29, 1.82) is 0 Å². The first kappa shape index (κ1) is 13.1. The van der Waals surface area contributed by atoms with Gasteiger partial charge >= 0.3 is 6.03 Å². The lowest BCUT2D eigenvalue weighted by Gasteiger charge is -2.12. The topological polar surface area (TPSA) is 100 Å². The predicted octanol–water partition coefficient (Wildman–Crippen LogP) is -1.78. The summed E-state index contributed by atoms with van der Waals surface area (Å²) in [7, 11) is 2.64. The van der Waals surface area contributed by atoms with Gasteiger partial charge in [0.15, 0.2) is 12.6 Å². The van der Waals surface area contributed by atoms with Crippen LogP contribution >= 0.6 is 0 Å². The number of hydrogen-bond donors (Lipinski definition) is 4. The molecule has 0 aliphatic heterocycles. The smallest absolute Gasteiger partial charge is 0.315 e. The maximum Gasteiger partial charge on any atom is 0.315 e. The van der Waals surface area contributed by atoms with E-state index >= 15 is 0 Å². The lowest BCUT2D eigenvalue weighted by atomic mass is 10.6. The Morgan fingerprint density at radius 2 is 1.50 bits per heavy atom. The van der Waals surface area contributed by atoms with Crippen molar-refractivity contribution in [3.63, 3.8) is 0 Å². The van der Waals surface area contributed by atoms with Crippen LogP contribution in [0.15, 0.2) is 0 Å². The lowest BCUT2D eigenvalue weighted by Crippen LogP contribution is -2.43. The van der Waals surface area contributed by atoms with E-state index in [-0.39, 0.29) is 13.1 Å². The summed E-state index contributed by atoms with van der Waals surface area (Å²) in [5.74, 6) is 0. The van der Waals surface area contributed by atoms with Gasteiger partial charge in [-0.1, -0.05) is 0 Å². The fraction of sp³-hybridized carbons (Fsp3) is 0.857. The highest BCUT2D eigenvalue weighted by Crippen LogP contribution is 1.81. The molecule has 2 unspecified atom stereocenters. The van der Waals surface area contributed by atoms with Crippen LogP contribution in [0.1, 0.15) is 0 Å². The van der Waals surface area contributed by atoms with Crippen LogP contribution in [-0.2, 0) is 9.47 Å². The molecular formula is C7H16N2O5. The Morgan fingerprint density at radius 3 is 1.79 bits per heavy atom. The van der Waals surface area contributed by atoms with Crippen LogP contribution in [0.4, 0.5) is 4.79 Å². The largest absolute Gasteiger partial charge is 0.366 e. The van der Waals surface area contributed by atoms with E-state index in [1.54, 1.807) is 0 Å². The Morgan fingerprint density at radius 1 is 1.14 bits per heavy atom. The van der Waals surface area contributed by atoms with Gasteiger partial charge in [-0.25, -0.2) is 4.79 Å². The highest BCUT2D eigenvalue weighted by molar-refractivity contribution is 5.73. The number of rotatable bonds is 6. The van der Waals surface area contributed by atoms with Crippen molar-refractivity contribution in [2.45, 2.75) is 12.6 Å². The fourth-order valence-electron chi connectivity index (χ4n) is 0.589. The van der Waals surface area contributed by atoms with Crippen LogP contribution in [0.5, 0.6) is 0 Å². The van der Waals surface area contributed by atoms with Crippen molar-refractivity contribution in [2.75, 3.05) is 27.3 Å². The minimum atomic E-state index is -1.03. The average Bonchev–Trinajstić information content (AvgIpc) is 2.22. The Kier molecular flexibility index (Phi) is 7.03. The SMILES string of the molecule is COC(O)CNC(=O)NCC(O)OC. The van der Waals surface area contributed by atoms with E-state index in [1.807, 2.05) is 0 Å². The molecule has 84 valence electrons. The third-order valence-electron chi connectivity index (χ3n) is 1.42. The van der Waals surface area contributed by atoms with E-state index < -0.39 is 18.6 Å². The maximum atomic E-state index is 10.9. The predicted molar refractivity (Wildman–Crippen MR) is 47.4 cm³/mol. The van der Waals surface area contributed by atoms with E-state index in [0.717, 1.165) is 0 Å². The first-order chi connectivity index (χ1) is 6.60. The Bertz CT molecular complexity index is 150. The number of carbonyl (C=O) groups is 1. The first-order valence-corrected chi connectivity index (χ1v) is 4.03. The van der Waals surface area contributed by atoms with Crippen LogP contribution in [0.3, 0.4) is 0 Å². The summed E-state index contributed by atoms with van der Waals surface area (Å²) in [6.45, 7) is -0.0448. The molecule has 0 aromatic carbocycles. The summed E-state index contributed by atoms with van der Waals surface area (Å²) in [6, 6.07) is -0.516. The Hall–Kier alpha value is -0.890. The van der Waals surface area contributed by atoms with Crippen molar-refractivity contribution in [2.24, 2.45) is 0 Å². The first-order valence-electron chi connectivity index (χ1n) is 4.03. The molecule has 0 heterocycles. The fourth-order valence-corrected chi connectivity index (χ4v) is 0.589. The molecule has 0 spiro atoms. The standard InChI is InChI=1S/C7H16N2O5/c1-13-5(10)3-8-7(12)9-4-6(11)14-2/h5-6,10-11H,3-4H2,1-2H3,(H2,8,9,12). The van der Waals surface area contributed by atoms with Gasteiger partial charge in [0.25, 0.3) is 0 Å². The van der Waals surface area contributed by atoms with Crippen molar-refractivity contribution in [3.05, 3.63) is 0 Å². The number of nitrogens with one attached hydrogen (secondary N) is 2. The third kappa shape index (κ3) is 6.61. The minimum absolute atomic E-state index is 0.0224. The molecule has 0 saturated carbocycles. The van der Waals surface area contributed by atoms with Crippen molar-refractivity contribution >= 4 is 6.03 Å². The molecule has 0 aromatic heterocycles. The highest BCUT2D eigenvalue weighted by atomic mass is 16.6. The van der Waals surface area contributed by atoms with Gasteiger partial charge in [0.05, 0.1) is 13.1 Å². The van der Waals surface area contributed by atoms with Crippen molar-refractivity contribution in [3.8, 4) is 0 Å². The van der Waals surface area contributed by atoms with Gasteiger partial charge in [-0.2, -0.15) is 0 Å². The van der Waals surface area contributed by atoms with Gasteiger partial charge in [0, 0.05) is 14.2 Å². The van der Waals surface area contributed by atoms with Crippen molar-refractivity contribution < 1.29 is 24.5 Å². The molecule has 7 nitrogen and oxygen atoms in total. The number of methoxy groups -OCH3 is 2. The monoisotopic (exact) mass is 208 g/mol. The van der Waals surface area contributed by atoms with Gasteiger partial charge in [0.2, 0.25) is 0 Å². The van der Waals surface area contributed by atoms with Crippen LogP contribution < -0.4 is 10.6 Å². The van der Waals surface area contributed by atoms with Gasteiger partial charge in [-0.3, -0.25) is 0 Å². The van der Waals surface area contributed by atoms with Gasteiger partial charge in [-0.15, -0.1) is 0 Å². The van der Waals surface area contributed by atoms with Crippen LogP contribution in [0, 0.1) is 0 Å². The molecule has 14 heavy (non-hydrogen) atoms. The van der Waals surface area contributed by atoms with Crippen LogP contribution in [0.25, 0.3) is 0 Å². The van der Waals surface area contributed by atoms with Gasteiger partial charge in [0.1, 0.15) is 0 Å². The van der Waals surface area contributed by atoms with E-state index in [9.17, 15) is 4.79 Å². The highest BCUT2D eigenvalue weighted by Gasteiger charge is 2.06. The summed E-state index contributed by atoms with van der Waals surface area (Å²) in [4.78, 5) is 10.9. The molecular weight excluding hydrogens is 192 g/mol. The molecule has 7 heteroatoms. The Balaban J connectivity index is 3.46. The summed E-state index contributed by atoms with van der Waals surface area (Å²) in [5.41, 5.74) is 0. The minimum Gasteiger partial charge on any atom is -0.366 e. The number of aliphatic hydroxyl groups excluding tert-OH is 2. The summed E-state index contributed by atoms with van der Waals surface area (Å²) >= 11 is 0. The van der Waals surface area contributed by atoms with Gasteiger partial charge < -0.3 is 30.3 Å². The third-order valence-corrected chi connectivity index (χ3v) is 1.42. The second kappa shape index (κ2) is 7.51. The van der Waals surface area contributed by atoms with E-state index in [4.69, 9.17) is 10.2 Å². The number of carbonyl (C=O) groups excluding carboxylic acids is 1. The van der Waals surface area contributed by atoms with E-state index in [0.29, 0.717) is 0 Å². The molecule has 0 radical (unpaired) electrons. The van der Waals surface area contributed by atoms with Crippen LogP contribution in [0.2, 0.25) is 0 Å². The van der Waals surface area contributed by atoms with E-state index in [2.05, 4.69) is 20.1 Å². The summed E-state index contributed by atoms with van der Waals surface area (Å²) in [6.07, 6.45) is -2.07. The quantitative estimate of drug-likeness (QED) is 0.386. The normalized spacial score (nSPS) is 14.6. The molecule has 0 fully saturated rings. The Labute approximate surface area is 82.0 Å². The summed E-state index contributed by atoms with van der Waals surface area (Å²) in [5, 5.41) is 22.4. The lowest BCUT2D eigenvalue weighted by molar-refractivity contribution is -0.0715. The van der Waals surface area contributed by atoms with Gasteiger partial charge in [-0.05, 0) is 0 Å². The zero-order chi connectivity index (χ0) is 11.0. The molecule has 2 atom stereocenters. The maximum absolute atomic E-state index is 10.9. The molecule has 0 aliphatic rings. The zero-order valence-corrected chi connectivity index (χ0v) is 8.19. The molecule has 0 aromatic rings.